The van der Waals surface area contributed by atoms with Crippen molar-refractivity contribution in [2.75, 3.05) is 7.11 Å². The van der Waals surface area contributed by atoms with Crippen molar-refractivity contribution < 1.29 is 14.6 Å². The summed E-state index contributed by atoms with van der Waals surface area (Å²) in [4.78, 5) is 10.5. The van der Waals surface area contributed by atoms with Gasteiger partial charge in [0.15, 0.2) is 0 Å². The third kappa shape index (κ3) is 3.25. The predicted molar refractivity (Wildman–Crippen MR) is 37.5 cm³/mol. The first-order valence-corrected chi connectivity index (χ1v) is 2.98. The molecule has 0 unspecified atom stereocenters. The maximum Gasteiger partial charge on any atom is 0.308 e. The molecule has 0 aliphatic carbocycles. The Kier molecular flexibility index (Phi) is 3.72. The molecule has 3 nitrogen and oxygen atoms in total. The molecule has 1 atom stereocenters. The average molecular weight is 144 g/mol. The van der Waals surface area contributed by atoms with Crippen LogP contribution in [0.2, 0.25) is 0 Å². The van der Waals surface area contributed by atoms with Gasteiger partial charge in [0.25, 0.3) is 0 Å². The third-order valence-electron chi connectivity index (χ3n) is 1.16. The number of rotatable bonds is 3. The second kappa shape index (κ2) is 4.06. The van der Waals surface area contributed by atoms with Gasteiger partial charge in [-0.2, -0.15) is 0 Å². The molecule has 0 amide bonds. The zero-order chi connectivity index (χ0) is 8.15. The van der Waals surface area contributed by atoms with E-state index in [2.05, 4.69) is 11.3 Å². The Morgan fingerprint density at radius 2 is 2.30 bits per heavy atom. The van der Waals surface area contributed by atoms with Gasteiger partial charge >= 0.3 is 5.97 Å². The van der Waals surface area contributed by atoms with Gasteiger partial charge in [-0.25, -0.2) is 0 Å². The Morgan fingerprint density at radius 1 is 1.80 bits per heavy atom. The summed E-state index contributed by atoms with van der Waals surface area (Å²) >= 11 is 0. The molecule has 0 bridgehead atoms. The van der Waals surface area contributed by atoms with Crippen molar-refractivity contribution in [3.05, 3.63) is 12.2 Å². The average Bonchev–Trinajstić information content (AvgIpc) is 1.87. The Hall–Kier alpha value is -0.830. The number of hydrogen-bond donors (Lipinski definition) is 1. The fourth-order valence-corrected chi connectivity index (χ4v) is 0.415. The smallest absolute Gasteiger partial charge is 0.308 e. The number of carbonyl (C=O) groups is 1. The first-order valence-electron chi connectivity index (χ1n) is 2.98. The molecule has 0 aromatic heterocycles. The maximum absolute atomic E-state index is 10.5. The van der Waals surface area contributed by atoms with Gasteiger partial charge < -0.3 is 9.84 Å². The highest BCUT2D eigenvalue weighted by molar-refractivity contribution is 5.70. The van der Waals surface area contributed by atoms with Gasteiger partial charge in [-0.1, -0.05) is 12.2 Å². The first kappa shape index (κ1) is 9.17. The van der Waals surface area contributed by atoms with Crippen LogP contribution in [-0.4, -0.2) is 24.3 Å². The monoisotopic (exact) mass is 144 g/mol. The summed E-state index contributed by atoms with van der Waals surface area (Å²) in [5.74, 6) is -0.421. The highest BCUT2D eigenvalue weighted by Gasteiger charge is 2.10. The van der Waals surface area contributed by atoms with Crippen molar-refractivity contribution >= 4 is 5.97 Å². The minimum Gasteiger partial charge on any atom is -0.469 e. The zero-order valence-electron chi connectivity index (χ0n) is 6.26. The molecule has 0 aliphatic heterocycles. The second-order valence-electron chi connectivity index (χ2n) is 2.14. The van der Waals surface area contributed by atoms with Gasteiger partial charge in [0, 0.05) is 0 Å². The van der Waals surface area contributed by atoms with E-state index in [9.17, 15) is 4.79 Å². The number of carbonyl (C=O) groups excluding carboxylic acids is 1. The number of methoxy groups -OCH3 is 1. The van der Waals surface area contributed by atoms with E-state index < -0.39 is 12.1 Å². The number of hydrogen-bond acceptors (Lipinski definition) is 3. The molecule has 0 saturated carbocycles. The molecule has 0 spiro atoms. The third-order valence-corrected chi connectivity index (χ3v) is 1.16. The van der Waals surface area contributed by atoms with E-state index in [0.29, 0.717) is 5.57 Å². The highest BCUT2D eigenvalue weighted by Crippen LogP contribution is 2.02. The molecular weight excluding hydrogens is 132 g/mol. The fourth-order valence-electron chi connectivity index (χ4n) is 0.415. The summed E-state index contributed by atoms with van der Waals surface area (Å²) in [6.07, 6.45) is -0.779. The van der Waals surface area contributed by atoms with E-state index in [0.717, 1.165) is 0 Å². The van der Waals surface area contributed by atoms with E-state index in [-0.39, 0.29) is 6.42 Å². The van der Waals surface area contributed by atoms with Crippen molar-refractivity contribution in [2.45, 2.75) is 19.4 Å². The SMILES string of the molecule is C=C(C)[C@H](O)CC(=O)OC. The topological polar surface area (TPSA) is 46.5 Å². The lowest BCUT2D eigenvalue weighted by Crippen LogP contribution is -2.14. The first-order chi connectivity index (χ1) is 4.57. The van der Waals surface area contributed by atoms with Crippen LogP contribution in [0.1, 0.15) is 13.3 Å². The molecule has 58 valence electrons. The highest BCUT2D eigenvalue weighted by atomic mass is 16.5. The van der Waals surface area contributed by atoms with E-state index in [4.69, 9.17) is 5.11 Å². The molecule has 0 radical (unpaired) electrons. The summed E-state index contributed by atoms with van der Waals surface area (Å²) in [7, 11) is 1.29. The minimum atomic E-state index is -0.771. The van der Waals surface area contributed by atoms with Gasteiger partial charge in [-0.15, -0.1) is 0 Å². The molecule has 0 heterocycles. The Morgan fingerprint density at radius 3 is 2.60 bits per heavy atom. The quantitative estimate of drug-likeness (QED) is 0.463. The number of esters is 1. The molecule has 0 fully saturated rings. The molecule has 3 heteroatoms. The summed E-state index contributed by atoms with van der Waals surface area (Å²) in [5.41, 5.74) is 0.574. The summed E-state index contributed by atoms with van der Waals surface area (Å²) in [5, 5.41) is 9.03. The lowest BCUT2D eigenvalue weighted by Gasteiger charge is -2.06. The van der Waals surface area contributed by atoms with Crippen LogP contribution in [-0.2, 0) is 9.53 Å². The molecule has 0 aromatic carbocycles. The van der Waals surface area contributed by atoms with Crippen LogP contribution >= 0.6 is 0 Å². The Labute approximate surface area is 60.3 Å². The van der Waals surface area contributed by atoms with Gasteiger partial charge in [0.1, 0.15) is 0 Å². The fraction of sp³-hybridized carbons (Fsp3) is 0.571. The van der Waals surface area contributed by atoms with Gasteiger partial charge in [-0.3, -0.25) is 4.79 Å². The van der Waals surface area contributed by atoms with Crippen LogP contribution in [0.3, 0.4) is 0 Å². The number of ether oxygens (including phenoxy) is 1. The second-order valence-corrected chi connectivity index (χ2v) is 2.14. The molecule has 0 rings (SSSR count). The predicted octanol–water partition coefficient (Wildman–Crippen LogP) is 0.486. The van der Waals surface area contributed by atoms with Gasteiger partial charge in [0.05, 0.1) is 19.6 Å². The van der Waals surface area contributed by atoms with Crippen LogP contribution in [0.25, 0.3) is 0 Å². The Bertz CT molecular complexity index is 140. The maximum atomic E-state index is 10.5. The van der Waals surface area contributed by atoms with Crippen molar-refractivity contribution in [2.24, 2.45) is 0 Å². The van der Waals surface area contributed by atoms with E-state index in [1.165, 1.54) is 7.11 Å². The van der Waals surface area contributed by atoms with E-state index in [1.807, 2.05) is 0 Å². The van der Waals surface area contributed by atoms with E-state index >= 15 is 0 Å². The minimum absolute atomic E-state index is 0.00810. The van der Waals surface area contributed by atoms with Crippen molar-refractivity contribution in [1.29, 1.82) is 0 Å². The lowest BCUT2D eigenvalue weighted by molar-refractivity contribution is -0.142. The van der Waals surface area contributed by atoms with Gasteiger partial charge in [-0.05, 0) is 6.92 Å². The summed E-state index contributed by atoms with van der Waals surface area (Å²) < 4.78 is 4.33. The molecule has 10 heavy (non-hydrogen) atoms. The van der Waals surface area contributed by atoms with Crippen molar-refractivity contribution in [3.8, 4) is 0 Å². The largest absolute Gasteiger partial charge is 0.469 e. The normalized spacial score (nSPS) is 12.3. The Balaban J connectivity index is 3.68. The molecule has 0 aromatic rings. The van der Waals surface area contributed by atoms with Crippen LogP contribution < -0.4 is 0 Å². The van der Waals surface area contributed by atoms with Crippen molar-refractivity contribution in [3.63, 3.8) is 0 Å². The molecule has 1 N–H and O–H groups in total. The molecular formula is C7H12O3. The van der Waals surface area contributed by atoms with Crippen LogP contribution in [0, 0.1) is 0 Å². The van der Waals surface area contributed by atoms with Gasteiger partial charge in [0.2, 0.25) is 0 Å². The standard InChI is InChI=1S/C7H12O3/c1-5(2)6(8)4-7(9)10-3/h6,8H,1,4H2,2-3H3/t6-/m1/s1. The van der Waals surface area contributed by atoms with E-state index in [1.54, 1.807) is 6.92 Å². The number of aliphatic hydroxyl groups is 1. The summed E-state index contributed by atoms with van der Waals surface area (Å²) in [6.45, 7) is 5.14. The zero-order valence-corrected chi connectivity index (χ0v) is 6.26. The summed E-state index contributed by atoms with van der Waals surface area (Å²) in [6, 6.07) is 0. The number of aliphatic hydroxyl groups excluding tert-OH is 1. The van der Waals surface area contributed by atoms with Crippen LogP contribution in [0.4, 0.5) is 0 Å². The molecule has 0 saturated heterocycles. The van der Waals surface area contributed by atoms with Crippen LogP contribution in [0.5, 0.6) is 0 Å². The molecule has 0 aliphatic rings. The van der Waals surface area contributed by atoms with Crippen molar-refractivity contribution in [1.82, 2.24) is 0 Å². The lowest BCUT2D eigenvalue weighted by atomic mass is 10.1. The van der Waals surface area contributed by atoms with Crippen LogP contribution in [0.15, 0.2) is 12.2 Å².